The maximum atomic E-state index is 5.89. The van der Waals surface area contributed by atoms with Gasteiger partial charge < -0.3 is 4.40 Å². The standard InChI is InChI=1S/C8H5BrCl2N2/c9-7-1-5(11)4-13-6(2-10)3-12-8(7)13/h1,3-4H,2H2. The highest BCUT2D eigenvalue weighted by Crippen LogP contribution is 2.23. The SMILES string of the molecule is ClCc1cnc2c(Br)cc(Cl)cn12. The van der Waals surface area contributed by atoms with E-state index in [9.17, 15) is 0 Å². The number of hydrogen-bond donors (Lipinski definition) is 0. The van der Waals surface area contributed by atoms with Crippen molar-refractivity contribution in [2.75, 3.05) is 0 Å². The van der Waals surface area contributed by atoms with Gasteiger partial charge in [-0.1, -0.05) is 11.6 Å². The normalized spacial score (nSPS) is 11.0. The Labute approximate surface area is 93.6 Å². The summed E-state index contributed by atoms with van der Waals surface area (Å²) in [7, 11) is 0. The molecule has 0 bridgehead atoms. The molecule has 2 nitrogen and oxygen atoms in total. The minimum absolute atomic E-state index is 0.425. The molecular weight excluding hydrogens is 275 g/mol. The van der Waals surface area contributed by atoms with E-state index < -0.39 is 0 Å². The Morgan fingerprint density at radius 3 is 3.00 bits per heavy atom. The predicted molar refractivity (Wildman–Crippen MR) is 57.5 cm³/mol. The Bertz CT molecular complexity index is 453. The average molecular weight is 280 g/mol. The Morgan fingerprint density at radius 2 is 2.31 bits per heavy atom. The van der Waals surface area contributed by atoms with Gasteiger partial charge in [-0.05, 0) is 22.0 Å². The predicted octanol–water partition coefficient (Wildman–Crippen LogP) is 3.49. The van der Waals surface area contributed by atoms with Crippen LogP contribution in [0.4, 0.5) is 0 Å². The largest absolute Gasteiger partial charge is 0.300 e. The fraction of sp³-hybridized carbons (Fsp3) is 0.125. The lowest BCUT2D eigenvalue weighted by molar-refractivity contribution is 1.09. The monoisotopic (exact) mass is 278 g/mol. The van der Waals surface area contributed by atoms with E-state index in [0.717, 1.165) is 15.8 Å². The molecule has 2 heterocycles. The second kappa shape index (κ2) is 3.48. The second-order valence-electron chi connectivity index (χ2n) is 2.58. The van der Waals surface area contributed by atoms with Gasteiger partial charge in [0.05, 0.1) is 27.3 Å². The molecule has 2 rings (SSSR count). The number of hydrogen-bond acceptors (Lipinski definition) is 1. The van der Waals surface area contributed by atoms with Crippen LogP contribution >= 0.6 is 39.1 Å². The summed E-state index contributed by atoms with van der Waals surface area (Å²) in [5.41, 5.74) is 1.76. The number of rotatable bonds is 1. The molecular formula is C8H5BrCl2N2. The van der Waals surface area contributed by atoms with Gasteiger partial charge in [-0.25, -0.2) is 4.98 Å². The number of aromatic nitrogens is 2. The van der Waals surface area contributed by atoms with Crippen LogP contribution in [0, 0.1) is 0 Å². The number of fused-ring (bicyclic) bond motifs is 1. The van der Waals surface area contributed by atoms with Crippen LogP contribution in [-0.2, 0) is 5.88 Å². The van der Waals surface area contributed by atoms with Crippen LogP contribution < -0.4 is 0 Å². The summed E-state index contributed by atoms with van der Waals surface area (Å²) in [5, 5.41) is 0.656. The van der Waals surface area contributed by atoms with Crippen molar-refractivity contribution in [3.63, 3.8) is 0 Å². The molecule has 0 radical (unpaired) electrons. The van der Waals surface area contributed by atoms with E-state index in [1.54, 1.807) is 12.4 Å². The maximum absolute atomic E-state index is 5.89. The lowest BCUT2D eigenvalue weighted by Crippen LogP contribution is -1.89. The molecule has 0 aliphatic heterocycles. The van der Waals surface area contributed by atoms with Crippen LogP contribution in [0.25, 0.3) is 5.65 Å². The molecule has 0 amide bonds. The fourth-order valence-corrected chi connectivity index (χ4v) is 2.24. The first kappa shape index (κ1) is 9.31. The van der Waals surface area contributed by atoms with E-state index in [-0.39, 0.29) is 0 Å². The van der Waals surface area contributed by atoms with Gasteiger partial charge in [0.1, 0.15) is 0 Å². The first-order valence-corrected chi connectivity index (χ1v) is 5.30. The van der Waals surface area contributed by atoms with E-state index in [1.807, 2.05) is 10.5 Å². The molecule has 0 saturated carbocycles. The zero-order chi connectivity index (χ0) is 9.42. The van der Waals surface area contributed by atoms with Gasteiger partial charge in [0.2, 0.25) is 0 Å². The fourth-order valence-electron chi connectivity index (χ4n) is 1.16. The maximum Gasteiger partial charge on any atom is 0.151 e. The highest BCUT2D eigenvalue weighted by Gasteiger charge is 2.06. The molecule has 13 heavy (non-hydrogen) atoms. The molecule has 0 spiro atoms. The Hall–Kier alpha value is -0.250. The third-order valence-electron chi connectivity index (χ3n) is 1.74. The van der Waals surface area contributed by atoms with Crippen molar-refractivity contribution in [3.8, 4) is 0 Å². The van der Waals surface area contributed by atoms with Crippen molar-refractivity contribution in [2.24, 2.45) is 0 Å². The number of pyridine rings is 1. The van der Waals surface area contributed by atoms with Crippen LogP contribution in [0.2, 0.25) is 5.02 Å². The molecule has 5 heteroatoms. The van der Waals surface area contributed by atoms with Crippen LogP contribution in [0.3, 0.4) is 0 Å². The summed E-state index contributed by atoms with van der Waals surface area (Å²) >= 11 is 15.0. The topological polar surface area (TPSA) is 17.3 Å². The molecule has 0 aromatic carbocycles. The van der Waals surface area contributed by atoms with Gasteiger partial charge in [0.15, 0.2) is 5.65 Å². The molecule has 68 valence electrons. The van der Waals surface area contributed by atoms with E-state index in [2.05, 4.69) is 20.9 Å². The highest BCUT2D eigenvalue weighted by molar-refractivity contribution is 9.10. The van der Waals surface area contributed by atoms with Gasteiger partial charge >= 0.3 is 0 Å². The molecule has 0 aliphatic rings. The van der Waals surface area contributed by atoms with Crippen molar-refractivity contribution in [3.05, 3.63) is 33.6 Å². The van der Waals surface area contributed by atoms with Crippen LogP contribution in [0.1, 0.15) is 5.69 Å². The van der Waals surface area contributed by atoms with E-state index >= 15 is 0 Å². The summed E-state index contributed by atoms with van der Waals surface area (Å²) < 4.78 is 2.75. The van der Waals surface area contributed by atoms with Crippen molar-refractivity contribution in [1.29, 1.82) is 0 Å². The molecule has 0 saturated heterocycles. The summed E-state index contributed by atoms with van der Waals surface area (Å²) in [5.74, 6) is 0.425. The van der Waals surface area contributed by atoms with Gasteiger partial charge in [0, 0.05) is 6.20 Å². The average Bonchev–Trinajstić information content (AvgIpc) is 2.47. The lowest BCUT2D eigenvalue weighted by Gasteiger charge is -2.00. The third kappa shape index (κ3) is 1.56. The molecule has 0 fully saturated rings. The van der Waals surface area contributed by atoms with Gasteiger partial charge in [-0.3, -0.25) is 0 Å². The minimum Gasteiger partial charge on any atom is -0.300 e. The smallest absolute Gasteiger partial charge is 0.151 e. The first-order chi connectivity index (χ1) is 6.22. The summed E-state index contributed by atoms with van der Waals surface area (Å²) in [6, 6.07) is 1.81. The number of alkyl halides is 1. The van der Waals surface area contributed by atoms with Crippen molar-refractivity contribution in [2.45, 2.75) is 5.88 Å². The lowest BCUT2D eigenvalue weighted by atomic mass is 10.4. The van der Waals surface area contributed by atoms with Crippen molar-refractivity contribution >= 4 is 44.8 Å². The molecule has 0 atom stereocenters. The van der Waals surface area contributed by atoms with Gasteiger partial charge in [-0.15, -0.1) is 11.6 Å². The molecule has 0 aliphatic carbocycles. The second-order valence-corrected chi connectivity index (χ2v) is 4.14. The van der Waals surface area contributed by atoms with Crippen molar-refractivity contribution < 1.29 is 0 Å². The van der Waals surface area contributed by atoms with Crippen LogP contribution in [0.15, 0.2) is 22.9 Å². The zero-order valence-corrected chi connectivity index (χ0v) is 9.57. The van der Waals surface area contributed by atoms with Crippen LogP contribution in [0.5, 0.6) is 0 Å². The zero-order valence-electron chi connectivity index (χ0n) is 6.47. The Balaban J connectivity index is 2.82. The summed E-state index contributed by atoms with van der Waals surface area (Å²) in [4.78, 5) is 4.20. The van der Waals surface area contributed by atoms with Crippen molar-refractivity contribution in [1.82, 2.24) is 9.38 Å². The number of imidazole rings is 1. The van der Waals surface area contributed by atoms with Crippen LogP contribution in [-0.4, -0.2) is 9.38 Å². The van der Waals surface area contributed by atoms with Gasteiger partial charge in [0.25, 0.3) is 0 Å². The Kier molecular flexibility index (Phi) is 2.49. The van der Waals surface area contributed by atoms with Gasteiger partial charge in [-0.2, -0.15) is 0 Å². The summed E-state index contributed by atoms with van der Waals surface area (Å²) in [6.07, 6.45) is 3.54. The molecule has 0 N–H and O–H groups in total. The summed E-state index contributed by atoms with van der Waals surface area (Å²) in [6.45, 7) is 0. The minimum atomic E-state index is 0.425. The van der Waals surface area contributed by atoms with E-state index in [0.29, 0.717) is 10.9 Å². The molecule has 0 unspecified atom stereocenters. The number of nitrogens with zero attached hydrogens (tertiary/aromatic N) is 2. The quantitative estimate of drug-likeness (QED) is 0.731. The first-order valence-electron chi connectivity index (χ1n) is 3.59. The molecule has 2 aromatic rings. The third-order valence-corrected chi connectivity index (χ3v) is 2.81. The number of halogens is 3. The highest BCUT2D eigenvalue weighted by atomic mass is 79.9. The molecule has 2 aromatic heterocycles. The van der Waals surface area contributed by atoms with E-state index in [4.69, 9.17) is 23.2 Å². The Morgan fingerprint density at radius 1 is 1.54 bits per heavy atom. The van der Waals surface area contributed by atoms with E-state index in [1.165, 1.54) is 0 Å².